The van der Waals surface area contributed by atoms with E-state index in [1.807, 2.05) is 13.8 Å². The summed E-state index contributed by atoms with van der Waals surface area (Å²) in [5.74, 6) is -2.17. The Morgan fingerprint density at radius 3 is 2.84 bits per heavy atom. The molecule has 8 heteroatoms. The van der Waals surface area contributed by atoms with Crippen LogP contribution in [0.15, 0.2) is 11.6 Å². The average Bonchev–Trinajstić information content (AvgIpc) is 2.83. The number of hydrogen-bond acceptors (Lipinski definition) is 5. The summed E-state index contributed by atoms with van der Waals surface area (Å²) in [6, 6.07) is 0. The van der Waals surface area contributed by atoms with E-state index < -0.39 is 16.8 Å². The van der Waals surface area contributed by atoms with Crippen molar-refractivity contribution in [2.24, 2.45) is 5.92 Å². The molecule has 0 spiro atoms. The number of carbonyl (C=O) groups is 1. The summed E-state index contributed by atoms with van der Waals surface area (Å²) in [6.45, 7) is 3.75. The molecule has 0 aromatic carbocycles. The molecule has 1 unspecified atom stereocenters. The van der Waals surface area contributed by atoms with Crippen LogP contribution in [-0.2, 0) is 4.79 Å². The highest BCUT2D eigenvalue weighted by Gasteiger charge is 2.34. The lowest BCUT2D eigenvalue weighted by Crippen LogP contribution is -2.16. The van der Waals surface area contributed by atoms with Gasteiger partial charge in [0, 0.05) is 5.38 Å². The maximum atomic E-state index is 11.3. The van der Waals surface area contributed by atoms with Crippen LogP contribution in [0.2, 0.25) is 0 Å². The van der Waals surface area contributed by atoms with E-state index >= 15 is 0 Å². The predicted molar refractivity (Wildman–Crippen MR) is 69.6 cm³/mol. The number of thiazole rings is 1. The highest BCUT2D eigenvalue weighted by atomic mass is 32.1. The summed E-state index contributed by atoms with van der Waals surface area (Å²) in [7, 11) is 0. The molecule has 19 heavy (non-hydrogen) atoms. The van der Waals surface area contributed by atoms with Gasteiger partial charge < -0.3 is 15.2 Å². The van der Waals surface area contributed by atoms with Crippen molar-refractivity contribution in [2.75, 3.05) is 0 Å². The summed E-state index contributed by atoms with van der Waals surface area (Å²) < 4.78 is 1.33. The molecular weight excluding hydrogens is 270 g/mol. The van der Waals surface area contributed by atoms with Gasteiger partial charge in [-0.2, -0.15) is 9.38 Å². The second kappa shape index (κ2) is 4.96. The van der Waals surface area contributed by atoms with Crippen molar-refractivity contribution in [1.29, 1.82) is 0 Å². The molecule has 2 rings (SSSR count). The molecule has 0 bridgehead atoms. The number of imidazole rings is 1. The third kappa shape index (κ3) is 2.43. The van der Waals surface area contributed by atoms with Crippen LogP contribution in [0, 0.1) is 16.0 Å². The molecule has 1 N–H and O–H groups in total. The average molecular weight is 283 g/mol. The van der Waals surface area contributed by atoms with E-state index in [9.17, 15) is 20.0 Å². The van der Waals surface area contributed by atoms with Gasteiger partial charge >= 0.3 is 11.8 Å². The van der Waals surface area contributed by atoms with Crippen LogP contribution in [0.3, 0.4) is 0 Å². The van der Waals surface area contributed by atoms with E-state index in [0.717, 1.165) is 0 Å². The second-order valence-corrected chi connectivity index (χ2v) is 5.53. The molecule has 0 amide bonds. The van der Waals surface area contributed by atoms with Crippen LogP contribution in [0.25, 0.3) is 4.96 Å². The highest BCUT2D eigenvalue weighted by Crippen LogP contribution is 2.33. The number of nitro groups is 1. The van der Waals surface area contributed by atoms with Crippen LogP contribution >= 0.6 is 11.3 Å². The fourth-order valence-corrected chi connectivity index (χ4v) is 2.72. The van der Waals surface area contributed by atoms with Crippen molar-refractivity contribution in [2.45, 2.75) is 26.2 Å². The fourth-order valence-electron chi connectivity index (χ4n) is 2.01. The first-order valence-electron chi connectivity index (χ1n) is 5.74. The molecule has 0 aliphatic rings. The number of fused-ring (bicyclic) bond motifs is 1. The lowest BCUT2D eigenvalue weighted by Gasteiger charge is -2.11. The molecule has 0 saturated heterocycles. The van der Waals surface area contributed by atoms with Crippen LogP contribution in [0.4, 0.5) is 5.82 Å². The molecule has 0 radical (unpaired) electrons. The number of aromatic nitrogens is 2. The van der Waals surface area contributed by atoms with Crippen LogP contribution in [0.5, 0.6) is 0 Å². The first kappa shape index (κ1) is 13.5. The Bertz CT molecular complexity index is 631. The monoisotopic (exact) mass is 283 g/mol. The van der Waals surface area contributed by atoms with Crippen molar-refractivity contribution in [3.63, 3.8) is 0 Å². The second-order valence-electron chi connectivity index (χ2n) is 4.65. The molecule has 0 saturated carbocycles. The number of nitrogens with zero attached hydrogens (tertiary/aromatic N) is 3. The fraction of sp³-hybridized carbons (Fsp3) is 0.455. The smallest absolute Gasteiger partial charge is 0.352 e. The van der Waals surface area contributed by atoms with E-state index in [2.05, 4.69) is 4.98 Å². The Labute approximate surface area is 112 Å². The largest absolute Gasteiger partial charge is 0.481 e. The lowest BCUT2D eigenvalue weighted by atomic mass is 9.94. The van der Waals surface area contributed by atoms with Gasteiger partial charge in [-0.15, -0.1) is 0 Å². The Kier molecular flexibility index (Phi) is 3.52. The zero-order chi connectivity index (χ0) is 14.2. The first-order chi connectivity index (χ1) is 8.91. The zero-order valence-electron chi connectivity index (χ0n) is 10.4. The highest BCUT2D eigenvalue weighted by molar-refractivity contribution is 7.15. The number of rotatable bonds is 5. The van der Waals surface area contributed by atoms with E-state index in [1.54, 1.807) is 5.38 Å². The third-order valence-corrected chi connectivity index (χ3v) is 3.53. The SMILES string of the molecule is CC(C)CC(C(=O)O)c1nc2sccn2c1[N+](=O)[O-]. The van der Waals surface area contributed by atoms with Crippen LogP contribution in [-0.4, -0.2) is 25.4 Å². The van der Waals surface area contributed by atoms with E-state index in [0.29, 0.717) is 11.4 Å². The summed E-state index contributed by atoms with van der Waals surface area (Å²) in [6.07, 6.45) is 1.85. The Balaban J connectivity index is 2.58. The summed E-state index contributed by atoms with van der Waals surface area (Å²) in [5.41, 5.74) is 0.0399. The van der Waals surface area contributed by atoms with Gasteiger partial charge in [0.2, 0.25) is 0 Å². The molecular formula is C11H13N3O4S. The van der Waals surface area contributed by atoms with Gasteiger partial charge in [-0.3, -0.25) is 4.79 Å². The minimum Gasteiger partial charge on any atom is -0.481 e. The minimum absolute atomic E-state index is 0.0399. The Morgan fingerprint density at radius 1 is 1.63 bits per heavy atom. The summed E-state index contributed by atoms with van der Waals surface area (Å²) >= 11 is 1.24. The molecule has 0 fully saturated rings. The zero-order valence-corrected chi connectivity index (χ0v) is 11.3. The van der Waals surface area contributed by atoms with Gasteiger partial charge in [0.15, 0.2) is 5.69 Å². The third-order valence-electron chi connectivity index (χ3n) is 2.77. The summed E-state index contributed by atoms with van der Waals surface area (Å²) in [4.78, 5) is 26.5. The maximum absolute atomic E-state index is 11.3. The maximum Gasteiger partial charge on any atom is 0.352 e. The lowest BCUT2D eigenvalue weighted by molar-refractivity contribution is -0.391. The van der Waals surface area contributed by atoms with Crippen molar-refractivity contribution < 1.29 is 14.8 Å². The molecule has 7 nitrogen and oxygen atoms in total. The van der Waals surface area contributed by atoms with Gasteiger partial charge in [-0.25, -0.2) is 0 Å². The number of aliphatic carboxylic acids is 1. The molecule has 2 aromatic rings. The van der Waals surface area contributed by atoms with Crippen molar-refractivity contribution in [3.05, 3.63) is 27.4 Å². The van der Waals surface area contributed by atoms with Crippen molar-refractivity contribution >= 4 is 28.1 Å². The van der Waals surface area contributed by atoms with Gasteiger partial charge in [0.25, 0.3) is 4.96 Å². The van der Waals surface area contributed by atoms with Crippen molar-refractivity contribution in [1.82, 2.24) is 9.38 Å². The standard InChI is InChI=1S/C11H13N3O4S/c1-6(2)5-7(10(15)16)8-9(14(17)18)13-3-4-19-11(13)12-8/h3-4,6-7H,5H2,1-2H3,(H,15,16). The minimum atomic E-state index is -1.08. The quantitative estimate of drug-likeness (QED) is 0.671. The molecule has 1 atom stereocenters. The van der Waals surface area contributed by atoms with Crippen LogP contribution < -0.4 is 0 Å². The molecule has 0 aliphatic carbocycles. The topological polar surface area (TPSA) is 97.7 Å². The normalized spacial score (nSPS) is 13.0. The number of hydrogen-bond donors (Lipinski definition) is 1. The molecule has 0 aliphatic heterocycles. The van der Waals surface area contributed by atoms with E-state index in [1.165, 1.54) is 21.9 Å². The predicted octanol–water partition coefficient (Wildman–Crippen LogP) is 2.52. The van der Waals surface area contributed by atoms with Crippen LogP contribution in [0.1, 0.15) is 31.9 Å². The first-order valence-corrected chi connectivity index (χ1v) is 6.62. The van der Waals surface area contributed by atoms with E-state index in [-0.39, 0.29) is 17.4 Å². The Morgan fingerprint density at radius 2 is 2.32 bits per heavy atom. The Hall–Kier alpha value is -1.96. The van der Waals surface area contributed by atoms with E-state index in [4.69, 9.17) is 0 Å². The van der Waals surface area contributed by atoms with Gasteiger partial charge in [0.1, 0.15) is 12.1 Å². The molecule has 2 aromatic heterocycles. The van der Waals surface area contributed by atoms with Gasteiger partial charge in [0.05, 0.1) is 0 Å². The molecule has 2 heterocycles. The number of carboxylic acids is 1. The summed E-state index contributed by atoms with van der Waals surface area (Å²) in [5, 5.41) is 22.1. The molecule has 102 valence electrons. The number of carboxylic acid groups (broad SMARTS) is 1. The van der Waals surface area contributed by atoms with Gasteiger partial charge in [-0.05, 0) is 17.3 Å². The van der Waals surface area contributed by atoms with Gasteiger partial charge in [-0.1, -0.05) is 25.2 Å². The van der Waals surface area contributed by atoms with Crippen molar-refractivity contribution in [3.8, 4) is 0 Å².